The molecule has 2 aliphatic rings. The highest BCUT2D eigenvalue weighted by Crippen LogP contribution is 2.34. The average Bonchev–Trinajstić information content (AvgIpc) is 3.23. The number of alkyl halides is 2. The van der Waals surface area contributed by atoms with E-state index < -0.39 is 31.4 Å². The van der Waals surface area contributed by atoms with Crippen LogP contribution in [0.2, 0.25) is 5.02 Å². The van der Waals surface area contributed by atoms with E-state index in [0.717, 1.165) is 23.3 Å². The zero-order valence-electron chi connectivity index (χ0n) is 19.2. The molecule has 4 heterocycles. The highest BCUT2D eigenvalue weighted by molar-refractivity contribution is 6.30. The van der Waals surface area contributed by atoms with Gasteiger partial charge in [-0.15, -0.1) is 10.2 Å². The van der Waals surface area contributed by atoms with E-state index >= 15 is 0 Å². The Kier molecular flexibility index (Phi) is 6.95. The van der Waals surface area contributed by atoms with Crippen LogP contribution in [0.1, 0.15) is 36.0 Å². The Hall–Kier alpha value is -3.41. The number of aromatic nitrogens is 5. The maximum absolute atomic E-state index is 14.2. The summed E-state index contributed by atoms with van der Waals surface area (Å²) in [6.07, 6.45) is 1.54. The van der Waals surface area contributed by atoms with E-state index in [1.54, 1.807) is 12.1 Å². The van der Waals surface area contributed by atoms with E-state index in [1.165, 1.54) is 11.2 Å². The Morgan fingerprint density at radius 1 is 1.17 bits per heavy atom. The largest absolute Gasteiger partial charge is 0.440 e. The molecule has 2 aliphatic heterocycles. The monoisotopic (exact) mass is 521 g/mol. The first-order chi connectivity index (χ1) is 17.5. The molecule has 1 aromatic carbocycles. The Morgan fingerprint density at radius 2 is 1.94 bits per heavy atom. The van der Waals surface area contributed by atoms with Crippen molar-refractivity contribution in [3.8, 4) is 5.69 Å². The van der Waals surface area contributed by atoms with Crippen LogP contribution in [0.4, 0.5) is 23.8 Å². The topological polar surface area (TPSA) is 89.3 Å². The van der Waals surface area contributed by atoms with E-state index in [4.69, 9.17) is 16.3 Å². The van der Waals surface area contributed by atoms with Gasteiger partial charge in [0.2, 0.25) is 0 Å². The zero-order chi connectivity index (χ0) is 25.2. The van der Waals surface area contributed by atoms with Gasteiger partial charge in [0.15, 0.2) is 23.6 Å². The molecule has 0 aliphatic carbocycles. The minimum Gasteiger partial charge on any atom is -0.440 e. The van der Waals surface area contributed by atoms with Crippen LogP contribution in [-0.4, -0.2) is 68.3 Å². The second kappa shape index (κ2) is 10.3. The molecule has 13 heteroatoms. The lowest BCUT2D eigenvalue weighted by Gasteiger charge is -2.32. The van der Waals surface area contributed by atoms with Crippen LogP contribution in [-0.2, 0) is 17.8 Å². The zero-order valence-corrected chi connectivity index (χ0v) is 19.9. The van der Waals surface area contributed by atoms with Crippen LogP contribution in [0.25, 0.3) is 5.69 Å². The van der Waals surface area contributed by atoms with Crippen LogP contribution in [0.5, 0.6) is 0 Å². The highest BCUT2D eigenvalue weighted by atomic mass is 35.5. The molecule has 0 saturated carbocycles. The smallest absolute Gasteiger partial charge is 0.410 e. The fourth-order valence-electron chi connectivity index (χ4n) is 4.63. The van der Waals surface area contributed by atoms with Gasteiger partial charge in [0.1, 0.15) is 25.5 Å². The Labute approximate surface area is 209 Å². The summed E-state index contributed by atoms with van der Waals surface area (Å²) in [6.45, 7) is -0.934. The third kappa shape index (κ3) is 4.69. The number of carbonyl (C=O) groups excluding carboxylic acids is 1. The first kappa shape index (κ1) is 24.3. The lowest BCUT2D eigenvalue weighted by atomic mass is 9.95. The lowest BCUT2D eigenvalue weighted by molar-refractivity contribution is 0.0354. The van der Waals surface area contributed by atoms with E-state index in [-0.39, 0.29) is 24.8 Å². The predicted molar refractivity (Wildman–Crippen MR) is 124 cm³/mol. The molecule has 2 aromatic heterocycles. The van der Waals surface area contributed by atoms with Crippen LogP contribution in [0.15, 0.2) is 30.7 Å². The van der Waals surface area contributed by atoms with Crippen molar-refractivity contribution >= 4 is 23.5 Å². The lowest BCUT2D eigenvalue weighted by Crippen LogP contribution is -2.35. The van der Waals surface area contributed by atoms with Crippen molar-refractivity contribution in [1.82, 2.24) is 29.6 Å². The number of rotatable bonds is 5. The molecule has 3 aromatic rings. The first-order valence-electron chi connectivity index (χ1n) is 11.5. The minimum atomic E-state index is -1.46. The molecular weight excluding hydrogens is 499 g/mol. The number of hydrogen-bond acceptors (Lipinski definition) is 7. The van der Waals surface area contributed by atoms with Crippen molar-refractivity contribution in [3.05, 3.63) is 58.8 Å². The van der Waals surface area contributed by atoms with Crippen molar-refractivity contribution in [2.75, 3.05) is 31.3 Å². The van der Waals surface area contributed by atoms with Crippen molar-refractivity contribution in [2.24, 2.45) is 0 Å². The number of nitrogens with zero attached hydrogens (tertiary/aromatic N) is 7. The maximum Gasteiger partial charge on any atom is 0.410 e. The molecule has 1 fully saturated rings. The molecule has 36 heavy (non-hydrogen) atoms. The fourth-order valence-corrected chi connectivity index (χ4v) is 4.82. The number of ether oxygens (including phenoxy) is 1. The van der Waals surface area contributed by atoms with Gasteiger partial charge in [-0.2, -0.15) is 0 Å². The normalized spacial score (nSPS) is 16.0. The van der Waals surface area contributed by atoms with Crippen molar-refractivity contribution in [3.63, 3.8) is 0 Å². The predicted octanol–water partition coefficient (Wildman–Crippen LogP) is 3.99. The summed E-state index contributed by atoms with van der Waals surface area (Å²) < 4.78 is 47.0. The molecule has 190 valence electrons. The molecule has 1 saturated heterocycles. The average molecular weight is 522 g/mol. The Morgan fingerprint density at radius 3 is 2.67 bits per heavy atom. The number of halogens is 4. The van der Waals surface area contributed by atoms with Gasteiger partial charge < -0.3 is 9.64 Å². The molecule has 0 bridgehead atoms. The fraction of sp³-hybridized carbons (Fsp3) is 0.435. The van der Waals surface area contributed by atoms with Crippen LogP contribution < -0.4 is 4.90 Å². The molecule has 5 rings (SSSR count). The quantitative estimate of drug-likeness (QED) is 0.501. The molecule has 0 spiro atoms. The second-order valence-electron chi connectivity index (χ2n) is 8.71. The number of anilines is 1. The number of piperidine rings is 1. The second-order valence-corrected chi connectivity index (χ2v) is 9.15. The minimum absolute atomic E-state index is 0.0249. The number of hydrogen-bond donors (Lipinski definition) is 0. The Balaban J connectivity index is 1.43. The summed E-state index contributed by atoms with van der Waals surface area (Å²) in [7, 11) is 0. The number of benzene rings is 1. The van der Waals surface area contributed by atoms with Crippen molar-refractivity contribution in [2.45, 2.75) is 38.0 Å². The third-order valence-corrected chi connectivity index (χ3v) is 6.64. The van der Waals surface area contributed by atoms with Gasteiger partial charge in [0.05, 0.1) is 25.0 Å². The van der Waals surface area contributed by atoms with Gasteiger partial charge in [-0.1, -0.05) is 11.6 Å². The van der Waals surface area contributed by atoms with Crippen LogP contribution in [0.3, 0.4) is 0 Å². The molecule has 9 nitrogen and oxygen atoms in total. The summed E-state index contributed by atoms with van der Waals surface area (Å²) in [4.78, 5) is 23.7. The Bertz CT molecular complexity index is 1250. The summed E-state index contributed by atoms with van der Waals surface area (Å²) in [6, 6.07) is 5.31. The van der Waals surface area contributed by atoms with E-state index in [0.29, 0.717) is 36.8 Å². The maximum atomic E-state index is 14.2. The number of carbonyl (C=O) groups is 1. The number of fused-ring (bicyclic) bond motifs is 3. The summed E-state index contributed by atoms with van der Waals surface area (Å²) in [5.41, 5.74) is 1.48. The van der Waals surface area contributed by atoms with E-state index in [2.05, 4.69) is 20.2 Å². The van der Waals surface area contributed by atoms with Gasteiger partial charge in [0.25, 0.3) is 0 Å². The van der Waals surface area contributed by atoms with Crippen LogP contribution in [0, 0.1) is 5.82 Å². The van der Waals surface area contributed by atoms with Crippen molar-refractivity contribution in [1.29, 1.82) is 0 Å². The van der Waals surface area contributed by atoms with Crippen LogP contribution >= 0.6 is 11.6 Å². The summed E-state index contributed by atoms with van der Waals surface area (Å²) in [5.74, 6) is 1.04. The standard InChI is InChI=1S/C23H23ClF3N7O2/c24-16-1-2-19-15(7-16)11-33(23(35)36-17(8-25)9-26)12-20-30-31-21(34(19)20)14-3-5-32(6-4-14)22-18(27)10-28-13-29-22/h1-2,7,10,13-14,17H,3-6,8-9,11-12H2. The van der Waals surface area contributed by atoms with Gasteiger partial charge in [-0.25, -0.2) is 27.9 Å². The van der Waals surface area contributed by atoms with Gasteiger partial charge in [-0.05, 0) is 36.6 Å². The highest BCUT2D eigenvalue weighted by Gasteiger charge is 2.33. The van der Waals surface area contributed by atoms with Gasteiger partial charge in [0, 0.05) is 24.0 Å². The van der Waals surface area contributed by atoms with E-state index in [9.17, 15) is 18.0 Å². The molecule has 0 radical (unpaired) electrons. The summed E-state index contributed by atoms with van der Waals surface area (Å²) in [5, 5.41) is 9.27. The molecule has 0 N–H and O–H groups in total. The van der Waals surface area contributed by atoms with Crippen molar-refractivity contribution < 1.29 is 22.7 Å². The summed E-state index contributed by atoms with van der Waals surface area (Å²) >= 11 is 6.24. The van der Waals surface area contributed by atoms with E-state index in [1.807, 2.05) is 15.5 Å². The third-order valence-electron chi connectivity index (χ3n) is 6.41. The number of amides is 1. The van der Waals surface area contributed by atoms with Gasteiger partial charge >= 0.3 is 6.09 Å². The molecular formula is C23H23ClF3N7O2. The first-order valence-corrected chi connectivity index (χ1v) is 11.9. The van der Waals surface area contributed by atoms with Gasteiger partial charge in [-0.3, -0.25) is 9.47 Å². The molecule has 0 atom stereocenters. The SMILES string of the molecule is O=C(OC(CF)CF)N1Cc2cc(Cl)ccc2-n2c(nnc2C2CCN(c3ncncc3F)CC2)C1. The molecule has 1 amide bonds. The molecule has 0 unspecified atom stereocenters.